The van der Waals surface area contributed by atoms with Crippen molar-refractivity contribution in [2.24, 2.45) is 23.5 Å². The molecule has 17 heavy (non-hydrogen) atoms. The predicted molar refractivity (Wildman–Crippen MR) is 73.9 cm³/mol. The Kier molecular flexibility index (Phi) is 4.87. The summed E-state index contributed by atoms with van der Waals surface area (Å²) >= 11 is 0. The van der Waals surface area contributed by atoms with Crippen LogP contribution in [0.5, 0.6) is 0 Å². The number of likely N-dealkylation sites (tertiary alicyclic amines) is 1. The van der Waals surface area contributed by atoms with Crippen LogP contribution < -0.4 is 5.73 Å². The maximum Gasteiger partial charge on any atom is 0.0246 e. The molecule has 0 bridgehead atoms. The molecule has 1 aliphatic heterocycles. The molecule has 1 heterocycles. The second kappa shape index (κ2) is 6.19. The van der Waals surface area contributed by atoms with Crippen LogP contribution in [0.15, 0.2) is 0 Å². The zero-order chi connectivity index (χ0) is 12.3. The smallest absolute Gasteiger partial charge is 0.0246 e. The fourth-order valence-corrected chi connectivity index (χ4v) is 3.81. The van der Waals surface area contributed by atoms with Crippen molar-refractivity contribution in [2.45, 2.75) is 58.4 Å². The molecular formula is C15H30N2. The molecule has 0 aromatic carbocycles. The molecule has 2 heteroatoms. The van der Waals surface area contributed by atoms with Crippen molar-refractivity contribution in [3.8, 4) is 0 Å². The molecule has 1 aliphatic carbocycles. The molecule has 0 aromatic heterocycles. The monoisotopic (exact) mass is 238 g/mol. The highest BCUT2D eigenvalue weighted by Gasteiger charge is 2.33. The van der Waals surface area contributed by atoms with Gasteiger partial charge in [-0.3, -0.25) is 4.90 Å². The molecule has 2 unspecified atom stereocenters. The van der Waals surface area contributed by atoms with Crippen molar-refractivity contribution in [3.05, 3.63) is 0 Å². The van der Waals surface area contributed by atoms with Gasteiger partial charge >= 0.3 is 0 Å². The van der Waals surface area contributed by atoms with Gasteiger partial charge < -0.3 is 5.73 Å². The first kappa shape index (κ1) is 13.4. The fourth-order valence-electron chi connectivity index (χ4n) is 3.81. The van der Waals surface area contributed by atoms with Gasteiger partial charge in [-0.15, -0.1) is 0 Å². The maximum absolute atomic E-state index is 6.06. The number of nitrogens with two attached hydrogens (primary N) is 1. The second-order valence-corrected chi connectivity index (χ2v) is 6.38. The minimum Gasteiger partial charge on any atom is -0.329 e. The van der Waals surface area contributed by atoms with E-state index in [0.717, 1.165) is 24.3 Å². The van der Waals surface area contributed by atoms with E-state index in [-0.39, 0.29) is 0 Å². The van der Waals surface area contributed by atoms with Crippen LogP contribution >= 0.6 is 0 Å². The van der Waals surface area contributed by atoms with Crippen LogP contribution in [-0.4, -0.2) is 30.6 Å². The summed E-state index contributed by atoms with van der Waals surface area (Å²) in [5.41, 5.74) is 6.06. The largest absolute Gasteiger partial charge is 0.329 e. The summed E-state index contributed by atoms with van der Waals surface area (Å²) in [7, 11) is 0. The first-order valence-electron chi connectivity index (χ1n) is 7.68. The average Bonchev–Trinajstić information content (AvgIpc) is 2.81. The highest BCUT2D eigenvalue weighted by molar-refractivity contribution is 4.87. The third-order valence-corrected chi connectivity index (χ3v) is 5.21. The minimum absolute atomic E-state index is 0.680. The van der Waals surface area contributed by atoms with E-state index in [0.29, 0.717) is 6.04 Å². The second-order valence-electron chi connectivity index (χ2n) is 6.38. The summed E-state index contributed by atoms with van der Waals surface area (Å²) in [6.45, 7) is 8.21. The third-order valence-electron chi connectivity index (χ3n) is 5.21. The molecule has 2 fully saturated rings. The van der Waals surface area contributed by atoms with Crippen molar-refractivity contribution in [3.63, 3.8) is 0 Å². The highest BCUT2D eigenvalue weighted by atomic mass is 15.2. The number of rotatable bonds is 4. The molecule has 2 atom stereocenters. The van der Waals surface area contributed by atoms with Gasteiger partial charge in [-0.05, 0) is 43.6 Å². The molecule has 0 spiro atoms. The molecule has 2 rings (SSSR count). The summed E-state index contributed by atoms with van der Waals surface area (Å²) in [5, 5.41) is 0. The molecule has 2 N–H and O–H groups in total. The van der Waals surface area contributed by atoms with Crippen LogP contribution in [0.1, 0.15) is 52.4 Å². The number of hydrogen-bond donors (Lipinski definition) is 1. The summed E-state index contributed by atoms with van der Waals surface area (Å²) in [5.74, 6) is 2.77. The minimum atomic E-state index is 0.680. The first-order chi connectivity index (χ1) is 8.24. The van der Waals surface area contributed by atoms with Crippen molar-refractivity contribution < 1.29 is 0 Å². The van der Waals surface area contributed by atoms with Gasteiger partial charge in [0.15, 0.2) is 0 Å². The van der Waals surface area contributed by atoms with Crippen LogP contribution in [0, 0.1) is 17.8 Å². The lowest BCUT2D eigenvalue weighted by atomic mass is 9.79. The van der Waals surface area contributed by atoms with Gasteiger partial charge in [-0.2, -0.15) is 0 Å². The van der Waals surface area contributed by atoms with Crippen LogP contribution in [0.3, 0.4) is 0 Å². The van der Waals surface area contributed by atoms with Crippen molar-refractivity contribution >= 4 is 0 Å². The molecule has 100 valence electrons. The molecule has 1 saturated carbocycles. The highest BCUT2D eigenvalue weighted by Crippen LogP contribution is 2.34. The van der Waals surface area contributed by atoms with E-state index >= 15 is 0 Å². The average molecular weight is 238 g/mol. The van der Waals surface area contributed by atoms with E-state index in [1.807, 2.05) is 0 Å². The van der Waals surface area contributed by atoms with Gasteiger partial charge in [0, 0.05) is 19.1 Å². The van der Waals surface area contributed by atoms with Gasteiger partial charge in [0.2, 0.25) is 0 Å². The molecular weight excluding hydrogens is 208 g/mol. The third kappa shape index (κ3) is 3.23. The standard InChI is InChI=1S/C15H30N2/c1-3-13-8-9-17(11-13)15(10-16)14-6-4-12(2)5-7-14/h12-15H,3-11,16H2,1-2H3. The Morgan fingerprint density at radius 3 is 2.41 bits per heavy atom. The van der Waals surface area contributed by atoms with Gasteiger partial charge in [-0.25, -0.2) is 0 Å². The molecule has 2 aliphatic rings. The number of nitrogens with zero attached hydrogens (tertiary/aromatic N) is 1. The van der Waals surface area contributed by atoms with Crippen molar-refractivity contribution in [1.82, 2.24) is 4.90 Å². The zero-order valence-corrected chi connectivity index (χ0v) is 11.7. The Balaban J connectivity index is 1.88. The van der Waals surface area contributed by atoms with Crippen molar-refractivity contribution in [1.29, 1.82) is 0 Å². The first-order valence-corrected chi connectivity index (χ1v) is 7.68. The van der Waals surface area contributed by atoms with Crippen molar-refractivity contribution in [2.75, 3.05) is 19.6 Å². The predicted octanol–water partition coefficient (Wildman–Crippen LogP) is 2.87. The summed E-state index contributed by atoms with van der Waals surface area (Å²) in [6.07, 6.45) is 8.41. The molecule has 0 amide bonds. The molecule has 2 nitrogen and oxygen atoms in total. The Labute approximate surface area is 107 Å². The van der Waals surface area contributed by atoms with Gasteiger partial charge in [-0.1, -0.05) is 33.1 Å². The summed E-state index contributed by atoms with van der Waals surface area (Å²) in [4.78, 5) is 2.70. The molecule has 0 aromatic rings. The van der Waals surface area contributed by atoms with E-state index in [4.69, 9.17) is 5.73 Å². The van der Waals surface area contributed by atoms with Crippen LogP contribution in [0.2, 0.25) is 0 Å². The zero-order valence-electron chi connectivity index (χ0n) is 11.7. The Hall–Kier alpha value is -0.0800. The van der Waals surface area contributed by atoms with Crippen LogP contribution in [0.4, 0.5) is 0 Å². The van der Waals surface area contributed by atoms with E-state index in [2.05, 4.69) is 18.7 Å². The molecule has 1 saturated heterocycles. The van der Waals surface area contributed by atoms with Gasteiger partial charge in [0.05, 0.1) is 0 Å². The summed E-state index contributed by atoms with van der Waals surface area (Å²) < 4.78 is 0. The SMILES string of the molecule is CCC1CCN(C(CN)C2CCC(C)CC2)C1. The van der Waals surface area contributed by atoms with Crippen LogP contribution in [-0.2, 0) is 0 Å². The Bertz CT molecular complexity index is 219. The quantitative estimate of drug-likeness (QED) is 0.816. The van der Waals surface area contributed by atoms with E-state index in [9.17, 15) is 0 Å². The normalized spacial score (nSPS) is 37.2. The van der Waals surface area contributed by atoms with E-state index in [1.54, 1.807) is 0 Å². The lowest BCUT2D eigenvalue weighted by Crippen LogP contribution is -2.45. The Morgan fingerprint density at radius 1 is 1.18 bits per heavy atom. The molecule has 0 radical (unpaired) electrons. The topological polar surface area (TPSA) is 29.3 Å². The number of hydrogen-bond acceptors (Lipinski definition) is 2. The fraction of sp³-hybridized carbons (Fsp3) is 1.00. The maximum atomic E-state index is 6.06. The van der Waals surface area contributed by atoms with Crippen LogP contribution in [0.25, 0.3) is 0 Å². The van der Waals surface area contributed by atoms with Gasteiger partial charge in [0.1, 0.15) is 0 Å². The Morgan fingerprint density at radius 2 is 1.88 bits per heavy atom. The lowest BCUT2D eigenvalue weighted by Gasteiger charge is -2.37. The lowest BCUT2D eigenvalue weighted by molar-refractivity contribution is 0.130. The van der Waals surface area contributed by atoms with Gasteiger partial charge in [0.25, 0.3) is 0 Å². The van der Waals surface area contributed by atoms with E-state index < -0.39 is 0 Å². The summed E-state index contributed by atoms with van der Waals surface area (Å²) in [6, 6.07) is 0.680. The van der Waals surface area contributed by atoms with E-state index in [1.165, 1.54) is 51.6 Å².